The van der Waals surface area contributed by atoms with E-state index < -0.39 is 6.10 Å². The van der Waals surface area contributed by atoms with Crippen LogP contribution in [0.5, 0.6) is 0 Å². The third-order valence-corrected chi connectivity index (χ3v) is 3.27. The Bertz CT molecular complexity index is 459. The predicted octanol–water partition coefficient (Wildman–Crippen LogP) is 1.58. The summed E-state index contributed by atoms with van der Waals surface area (Å²) in [6, 6.07) is 10.00. The summed E-state index contributed by atoms with van der Waals surface area (Å²) in [7, 11) is 0. The van der Waals surface area contributed by atoms with Gasteiger partial charge >= 0.3 is 0 Å². The first-order valence-corrected chi connectivity index (χ1v) is 6.15. The first-order valence-electron chi connectivity index (χ1n) is 5.33. The molecule has 0 aliphatic rings. The van der Waals surface area contributed by atoms with Crippen LogP contribution in [0.2, 0.25) is 0 Å². The summed E-state index contributed by atoms with van der Waals surface area (Å²) in [5, 5.41) is 21.6. The van der Waals surface area contributed by atoms with Crippen molar-refractivity contribution in [1.29, 1.82) is 0 Å². The molecular formula is C12H14N2O2S. The molecule has 1 aromatic carbocycles. The van der Waals surface area contributed by atoms with Crippen LogP contribution in [0, 0.1) is 0 Å². The summed E-state index contributed by atoms with van der Waals surface area (Å²) >= 11 is 1.52. The standard InChI is InChI=1S/C12H14N2O2S/c15-8-10(16)6-13-12-14-7-11(17-12)9-4-2-1-3-5-9/h1-5,7,10,15-16H,6,8H2,(H,13,14)/t10-/m1/s1. The number of anilines is 1. The molecule has 0 saturated heterocycles. The number of aliphatic hydroxyl groups excluding tert-OH is 2. The number of rotatable bonds is 5. The SMILES string of the molecule is OC[C@H](O)CNc1ncc(-c2ccccc2)s1. The number of aromatic nitrogens is 1. The lowest BCUT2D eigenvalue weighted by Crippen LogP contribution is -2.22. The molecule has 0 aliphatic carbocycles. The van der Waals surface area contributed by atoms with E-state index in [0.29, 0.717) is 6.54 Å². The van der Waals surface area contributed by atoms with E-state index in [0.717, 1.165) is 15.6 Å². The average molecular weight is 250 g/mol. The fourth-order valence-electron chi connectivity index (χ4n) is 1.36. The predicted molar refractivity (Wildman–Crippen MR) is 69.1 cm³/mol. The van der Waals surface area contributed by atoms with Crippen LogP contribution in [0.15, 0.2) is 36.5 Å². The highest BCUT2D eigenvalue weighted by Gasteiger charge is 2.06. The van der Waals surface area contributed by atoms with Gasteiger partial charge in [-0.05, 0) is 5.56 Å². The van der Waals surface area contributed by atoms with Gasteiger partial charge in [0.1, 0.15) is 0 Å². The van der Waals surface area contributed by atoms with E-state index in [1.54, 1.807) is 6.20 Å². The molecule has 2 rings (SSSR count). The molecule has 1 heterocycles. The summed E-state index contributed by atoms with van der Waals surface area (Å²) in [6.45, 7) is 0.0577. The number of nitrogens with one attached hydrogen (secondary N) is 1. The highest BCUT2D eigenvalue weighted by Crippen LogP contribution is 2.28. The normalized spacial score (nSPS) is 12.4. The van der Waals surface area contributed by atoms with Gasteiger partial charge in [0, 0.05) is 12.7 Å². The molecule has 0 radical (unpaired) electrons. The van der Waals surface area contributed by atoms with Crippen molar-refractivity contribution in [2.75, 3.05) is 18.5 Å². The second-order valence-corrected chi connectivity index (χ2v) is 4.64. The van der Waals surface area contributed by atoms with Crippen molar-refractivity contribution < 1.29 is 10.2 Å². The largest absolute Gasteiger partial charge is 0.394 e. The smallest absolute Gasteiger partial charge is 0.183 e. The topological polar surface area (TPSA) is 65.4 Å². The summed E-state index contributed by atoms with van der Waals surface area (Å²) in [4.78, 5) is 5.29. The minimum absolute atomic E-state index is 0.246. The van der Waals surface area contributed by atoms with Crippen molar-refractivity contribution in [3.63, 3.8) is 0 Å². The molecule has 90 valence electrons. The highest BCUT2D eigenvalue weighted by molar-refractivity contribution is 7.18. The Morgan fingerprint density at radius 1 is 1.29 bits per heavy atom. The van der Waals surface area contributed by atoms with Crippen LogP contribution in [-0.2, 0) is 0 Å². The third kappa shape index (κ3) is 3.26. The van der Waals surface area contributed by atoms with Crippen molar-refractivity contribution in [1.82, 2.24) is 4.98 Å². The Balaban J connectivity index is 2.01. The third-order valence-electron chi connectivity index (χ3n) is 2.26. The zero-order valence-corrected chi connectivity index (χ0v) is 10.0. The van der Waals surface area contributed by atoms with Gasteiger partial charge in [-0.3, -0.25) is 0 Å². The molecule has 0 saturated carbocycles. The van der Waals surface area contributed by atoms with Gasteiger partial charge in [-0.15, -0.1) is 0 Å². The molecule has 0 bridgehead atoms. The quantitative estimate of drug-likeness (QED) is 0.753. The van der Waals surface area contributed by atoms with Crippen LogP contribution in [-0.4, -0.2) is 34.5 Å². The monoisotopic (exact) mass is 250 g/mol. The summed E-state index contributed by atoms with van der Waals surface area (Å²) in [5.74, 6) is 0. The Labute approximate surface area is 104 Å². The van der Waals surface area contributed by atoms with Crippen LogP contribution < -0.4 is 5.32 Å². The zero-order valence-electron chi connectivity index (χ0n) is 9.21. The summed E-state index contributed by atoms with van der Waals surface area (Å²) in [5.41, 5.74) is 1.13. The number of benzene rings is 1. The molecule has 0 spiro atoms. The van der Waals surface area contributed by atoms with Gasteiger partial charge in [-0.2, -0.15) is 0 Å². The molecule has 3 N–H and O–H groups in total. The molecular weight excluding hydrogens is 236 g/mol. The number of aliphatic hydroxyl groups is 2. The van der Waals surface area contributed by atoms with Gasteiger partial charge in [-0.1, -0.05) is 41.7 Å². The van der Waals surface area contributed by atoms with Gasteiger partial charge in [0.15, 0.2) is 5.13 Å². The van der Waals surface area contributed by atoms with Crippen molar-refractivity contribution >= 4 is 16.5 Å². The molecule has 0 unspecified atom stereocenters. The van der Waals surface area contributed by atoms with Crippen LogP contribution in [0.4, 0.5) is 5.13 Å². The molecule has 0 amide bonds. The maximum Gasteiger partial charge on any atom is 0.183 e. The molecule has 1 aromatic heterocycles. The molecule has 17 heavy (non-hydrogen) atoms. The number of thiazole rings is 1. The molecule has 5 heteroatoms. The van der Waals surface area contributed by atoms with E-state index in [2.05, 4.69) is 10.3 Å². The van der Waals surface area contributed by atoms with Crippen molar-refractivity contribution in [2.45, 2.75) is 6.10 Å². The van der Waals surface area contributed by atoms with E-state index in [4.69, 9.17) is 5.11 Å². The molecule has 0 aliphatic heterocycles. The molecule has 1 atom stereocenters. The second kappa shape index (κ2) is 5.77. The van der Waals surface area contributed by atoms with Gasteiger partial charge in [0.05, 0.1) is 17.6 Å². The zero-order chi connectivity index (χ0) is 12.1. The van der Waals surface area contributed by atoms with Crippen molar-refractivity contribution in [3.05, 3.63) is 36.5 Å². The van der Waals surface area contributed by atoms with Crippen LogP contribution in [0.25, 0.3) is 10.4 Å². The van der Waals surface area contributed by atoms with E-state index in [9.17, 15) is 5.11 Å². The van der Waals surface area contributed by atoms with Crippen LogP contribution in [0.3, 0.4) is 0 Å². The van der Waals surface area contributed by atoms with Gasteiger partial charge < -0.3 is 15.5 Å². The van der Waals surface area contributed by atoms with E-state index in [-0.39, 0.29) is 6.61 Å². The Kier molecular flexibility index (Phi) is 4.08. The molecule has 4 nitrogen and oxygen atoms in total. The van der Waals surface area contributed by atoms with Crippen molar-refractivity contribution in [3.8, 4) is 10.4 Å². The second-order valence-electron chi connectivity index (χ2n) is 3.61. The van der Waals surface area contributed by atoms with Crippen LogP contribution >= 0.6 is 11.3 Å². The maximum atomic E-state index is 9.21. The lowest BCUT2D eigenvalue weighted by atomic mass is 10.2. The number of nitrogens with zero attached hydrogens (tertiary/aromatic N) is 1. The van der Waals surface area contributed by atoms with E-state index in [1.807, 2.05) is 30.3 Å². The molecule has 2 aromatic rings. The fourth-order valence-corrected chi connectivity index (χ4v) is 2.19. The lowest BCUT2D eigenvalue weighted by Gasteiger charge is -2.06. The van der Waals surface area contributed by atoms with E-state index in [1.165, 1.54) is 11.3 Å². The Morgan fingerprint density at radius 2 is 2.06 bits per heavy atom. The highest BCUT2D eigenvalue weighted by atomic mass is 32.1. The Morgan fingerprint density at radius 3 is 2.76 bits per heavy atom. The minimum Gasteiger partial charge on any atom is -0.394 e. The molecule has 0 fully saturated rings. The number of hydrogen-bond acceptors (Lipinski definition) is 5. The Hall–Kier alpha value is -1.43. The van der Waals surface area contributed by atoms with Crippen LogP contribution in [0.1, 0.15) is 0 Å². The average Bonchev–Trinajstić information content (AvgIpc) is 2.86. The minimum atomic E-state index is -0.751. The van der Waals surface area contributed by atoms with Gasteiger partial charge in [-0.25, -0.2) is 4.98 Å². The first-order chi connectivity index (χ1) is 8.29. The van der Waals surface area contributed by atoms with Gasteiger partial charge in [0.2, 0.25) is 0 Å². The fraction of sp³-hybridized carbons (Fsp3) is 0.250. The van der Waals surface area contributed by atoms with Gasteiger partial charge in [0.25, 0.3) is 0 Å². The maximum absolute atomic E-state index is 9.21. The first kappa shape index (κ1) is 12.0. The van der Waals surface area contributed by atoms with E-state index >= 15 is 0 Å². The summed E-state index contributed by atoms with van der Waals surface area (Å²) in [6.07, 6.45) is 1.05. The number of hydrogen-bond donors (Lipinski definition) is 3. The van der Waals surface area contributed by atoms with Crippen molar-refractivity contribution in [2.24, 2.45) is 0 Å². The summed E-state index contributed by atoms with van der Waals surface area (Å²) < 4.78 is 0. The lowest BCUT2D eigenvalue weighted by molar-refractivity contribution is 0.105.